The van der Waals surface area contributed by atoms with E-state index in [1.54, 1.807) is 6.20 Å². The molecule has 0 amide bonds. The number of ether oxygens (including phenoxy) is 1. The fraction of sp³-hybridized carbons (Fsp3) is 0.154. The number of rotatable bonds is 5. The van der Waals surface area contributed by atoms with Gasteiger partial charge in [0, 0.05) is 10.7 Å². The minimum Gasteiger partial charge on any atom is -0.492 e. The third-order valence-electron chi connectivity index (χ3n) is 2.21. The van der Waals surface area contributed by atoms with Gasteiger partial charge in [-0.25, -0.2) is 9.37 Å². The maximum Gasteiger partial charge on any atom is 0.166 e. The van der Waals surface area contributed by atoms with Crippen molar-refractivity contribution in [1.82, 2.24) is 4.98 Å². The van der Waals surface area contributed by atoms with Crippen LogP contribution in [-0.4, -0.2) is 18.1 Å². The van der Waals surface area contributed by atoms with E-state index in [2.05, 4.69) is 26.2 Å². The van der Waals surface area contributed by atoms with Crippen LogP contribution >= 0.6 is 15.9 Å². The number of nitrogens with one attached hydrogen (secondary N) is 1. The molecule has 0 bridgehead atoms. The first-order valence-electron chi connectivity index (χ1n) is 5.48. The molecule has 2 aromatic rings. The number of para-hydroxylation sites is 1. The minimum atomic E-state index is -0.385. The summed E-state index contributed by atoms with van der Waals surface area (Å²) in [6.07, 6.45) is 1.55. The molecule has 0 atom stereocenters. The second-order valence-corrected chi connectivity index (χ2v) is 4.49. The van der Waals surface area contributed by atoms with E-state index in [1.807, 2.05) is 30.3 Å². The van der Waals surface area contributed by atoms with Gasteiger partial charge in [0.05, 0.1) is 6.54 Å². The fourth-order valence-corrected chi connectivity index (χ4v) is 1.70. The third kappa shape index (κ3) is 3.70. The number of anilines is 1. The largest absolute Gasteiger partial charge is 0.492 e. The first-order chi connectivity index (χ1) is 8.75. The van der Waals surface area contributed by atoms with Crippen LogP contribution in [0.1, 0.15) is 0 Å². The Morgan fingerprint density at radius 2 is 2.06 bits per heavy atom. The Balaban J connectivity index is 1.79. The van der Waals surface area contributed by atoms with Crippen LogP contribution in [0.5, 0.6) is 5.75 Å². The fourth-order valence-electron chi connectivity index (χ4n) is 1.40. The lowest BCUT2D eigenvalue weighted by Crippen LogP contribution is -2.13. The standard InChI is InChI=1S/C13H12BrFN2O/c14-10-8-12(15)13(17-9-10)16-6-7-18-11-4-2-1-3-5-11/h1-5,8-9H,6-7H2,(H,16,17). The smallest absolute Gasteiger partial charge is 0.166 e. The molecule has 0 fully saturated rings. The highest BCUT2D eigenvalue weighted by Gasteiger charge is 2.03. The molecule has 0 aliphatic carbocycles. The Hall–Kier alpha value is -1.62. The minimum absolute atomic E-state index is 0.231. The first-order valence-corrected chi connectivity index (χ1v) is 6.28. The van der Waals surface area contributed by atoms with Crippen molar-refractivity contribution in [3.05, 3.63) is 52.9 Å². The van der Waals surface area contributed by atoms with Crippen molar-refractivity contribution in [1.29, 1.82) is 0 Å². The summed E-state index contributed by atoms with van der Waals surface area (Å²) in [6, 6.07) is 10.8. The second-order valence-electron chi connectivity index (χ2n) is 3.57. The third-order valence-corrected chi connectivity index (χ3v) is 2.65. The number of benzene rings is 1. The van der Waals surface area contributed by atoms with E-state index < -0.39 is 0 Å². The lowest BCUT2D eigenvalue weighted by atomic mass is 10.3. The Labute approximate surface area is 113 Å². The van der Waals surface area contributed by atoms with Gasteiger partial charge in [0.1, 0.15) is 12.4 Å². The molecule has 94 valence electrons. The van der Waals surface area contributed by atoms with Crippen molar-refractivity contribution < 1.29 is 9.13 Å². The summed E-state index contributed by atoms with van der Waals surface area (Å²) in [5, 5.41) is 2.88. The monoisotopic (exact) mass is 310 g/mol. The molecule has 0 saturated carbocycles. The van der Waals surface area contributed by atoms with Crippen molar-refractivity contribution in [2.75, 3.05) is 18.5 Å². The average Bonchev–Trinajstić information content (AvgIpc) is 2.38. The zero-order valence-corrected chi connectivity index (χ0v) is 11.2. The van der Waals surface area contributed by atoms with Crippen LogP contribution in [0.15, 0.2) is 47.1 Å². The predicted octanol–water partition coefficient (Wildman–Crippen LogP) is 3.47. The lowest BCUT2D eigenvalue weighted by Gasteiger charge is -2.08. The van der Waals surface area contributed by atoms with Gasteiger partial charge in [0.25, 0.3) is 0 Å². The molecule has 0 unspecified atom stereocenters. The molecule has 0 aliphatic rings. The maximum atomic E-state index is 13.4. The van der Waals surface area contributed by atoms with Crippen molar-refractivity contribution in [2.24, 2.45) is 0 Å². The molecule has 0 radical (unpaired) electrons. The predicted molar refractivity (Wildman–Crippen MR) is 72.3 cm³/mol. The zero-order chi connectivity index (χ0) is 12.8. The van der Waals surface area contributed by atoms with E-state index in [1.165, 1.54) is 6.07 Å². The molecule has 0 saturated heterocycles. The lowest BCUT2D eigenvalue weighted by molar-refractivity contribution is 0.332. The SMILES string of the molecule is Fc1cc(Br)cnc1NCCOc1ccccc1. The Kier molecular flexibility index (Phi) is 4.52. The summed E-state index contributed by atoms with van der Waals surface area (Å²) in [4.78, 5) is 3.93. The van der Waals surface area contributed by atoms with Gasteiger partial charge in [0.15, 0.2) is 11.6 Å². The number of pyridine rings is 1. The van der Waals surface area contributed by atoms with Gasteiger partial charge in [-0.05, 0) is 34.1 Å². The molecule has 0 aliphatic heterocycles. The van der Waals surface area contributed by atoms with Crippen molar-refractivity contribution in [3.8, 4) is 5.75 Å². The van der Waals surface area contributed by atoms with E-state index >= 15 is 0 Å². The van der Waals surface area contributed by atoms with Crippen LogP contribution in [0.4, 0.5) is 10.2 Å². The maximum absolute atomic E-state index is 13.4. The molecular formula is C13H12BrFN2O. The highest BCUT2D eigenvalue weighted by atomic mass is 79.9. The molecule has 1 aromatic heterocycles. The highest BCUT2D eigenvalue weighted by Crippen LogP contribution is 2.15. The zero-order valence-electron chi connectivity index (χ0n) is 9.57. The van der Waals surface area contributed by atoms with Gasteiger partial charge in [-0.2, -0.15) is 0 Å². The second kappa shape index (κ2) is 6.35. The molecule has 18 heavy (non-hydrogen) atoms. The summed E-state index contributed by atoms with van der Waals surface area (Å²) in [6.45, 7) is 0.932. The topological polar surface area (TPSA) is 34.2 Å². The average molecular weight is 311 g/mol. The number of hydrogen-bond acceptors (Lipinski definition) is 3. The van der Waals surface area contributed by atoms with Crippen LogP contribution in [0.2, 0.25) is 0 Å². The Morgan fingerprint density at radius 1 is 1.28 bits per heavy atom. The highest BCUT2D eigenvalue weighted by molar-refractivity contribution is 9.10. The van der Waals surface area contributed by atoms with Crippen LogP contribution in [0.25, 0.3) is 0 Å². The van der Waals surface area contributed by atoms with Crippen LogP contribution in [-0.2, 0) is 0 Å². The number of hydrogen-bond donors (Lipinski definition) is 1. The van der Waals surface area contributed by atoms with Gasteiger partial charge >= 0.3 is 0 Å². The van der Waals surface area contributed by atoms with Gasteiger partial charge in [0.2, 0.25) is 0 Å². The van der Waals surface area contributed by atoms with Crippen molar-refractivity contribution >= 4 is 21.7 Å². The normalized spacial score (nSPS) is 10.1. The summed E-state index contributed by atoms with van der Waals surface area (Å²) < 4.78 is 19.5. The summed E-state index contributed by atoms with van der Waals surface area (Å²) in [7, 11) is 0. The molecule has 1 aromatic carbocycles. The van der Waals surface area contributed by atoms with Gasteiger partial charge in [-0.3, -0.25) is 0 Å². The molecule has 1 heterocycles. The number of aromatic nitrogens is 1. The molecule has 2 rings (SSSR count). The summed E-state index contributed by atoms with van der Waals surface area (Å²) in [5.74, 6) is 0.641. The van der Waals surface area contributed by atoms with Crippen LogP contribution in [0.3, 0.4) is 0 Å². The first kappa shape index (κ1) is 12.8. The summed E-state index contributed by atoms with van der Waals surface area (Å²) in [5.41, 5.74) is 0. The molecule has 5 heteroatoms. The molecular weight excluding hydrogens is 299 g/mol. The number of nitrogens with zero attached hydrogens (tertiary/aromatic N) is 1. The van der Waals surface area contributed by atoms with E-state index in [0.29, 0.717) is 17.6 Å². The summed E-state index contributed by atoms with van der Waals surface area (Å²) >= 11 is 3.15. The molecule has 1 N–H and O–H groups in total. The molecule has 0 spiro atoms. The van der Waals surface area contributed by atoms with Crippen LogP contribution in [0, 0.1) is 5.82 Å². The van der Waals surface area contributed by atoms with Gasteiger partial charge < -0.3 is 10.1 Å². The van der Waals surface area contributed by atoms with E-state index in [4.69, 9.17) is 4.74 Å². The van der Waals surface area contributed by atoms with Gasteiger partial charge in [-0.1, -0.05) is 18.2 Å². The van der Waals surface area contributed by atoms with Gasteiger partial charge in [-0.15, -0.1) is 0 Å². The quantitative estimate of drug-likeness (QED) is 0.859. The molecule has 3 nitrogen and oxygen atoms in total. The van der Waals surface area contributed by atoms with Crippen molar-refractivity contribution in [3.63, 3.8) is 0 Å². The Bertz CT molecular complexity index is 508. The van der Waals surface area contributed by atoms with Crippen LogP contribution < -0.4 is 10.1 Å². The Morgan fingerprint density at radius 3 is 2.78 bits per heavy atom. The number of halogens is 2. The van der Waals surface area contributed by atoms with Crippen molar-refractivity contribution in [2.45, 2.75) is 0 Å². The van der Waals surface area contributed by atoms with E-state index in [0.717, 1.165) is 5.75 Å². The van der Waals surface area contributed by atoms with E-state index in [-0.39, 0.29) is 11.6 Å². The van der Waals surface area contributed by atoms with E-state index in [9.17, 15) is 4.39 Å².